The molecular formula is C23H36N2O6. The van der Waals surface area contributed by atoms with Crippen molar-refractivity contribution in [2.24, 2.45) is 17.8 Å². The highest BCUT2D eigenvalue weighted by molar-refractivity contribution is 5.98. The van der Waals surface area contributed by atoms with Crippen molar-refractivity contribution in [3.63, 3.8) is 0 Å². The van der Waals surface area contributed by atoms with Gasteiger partial charge in [0.05, 0.1) is 30.6 Å². The summed E-state index contributed by atoms with van der Waals surface area (Å²) < 4.78 is 6.23. The van der Waals surface area contributed by atoms with Crippen molar-refractivity contribution >= 4 is 17.8 Å². The van der Waals surface area contributed by atoms with Crippen LogP contribution in [0.15, 0.2) is 12.7 Å². The highest BCUT2D eigenvalue weighted by atomic mass is 16.5. The molecule has 0 saturated carbocycles. The molecule has 3 aliphatic rings. The summed E-state index contributed by atoms with van der Waals surface area (Å²) >= 11 is 0. The van der Waals surface area contributed by atoms with Crippen molar-refractivity contribution < 1.29 is 29.3 Å². The maximum atomic E-state index is 13.9. The minimum atomic E-state index is -1.14. The number of hydrogen-bond acceptors (Lipinski definition) is 5. The van der Waals surface area contributed by atoms with E-state index in [9.17, 15) is 24.6 Å². The van der Waals surface area contributed by atoms with E-state index in [1.54, 1.807) is 11.0 Å². The van der Waals surface area contributed by atoms with Gasteiger partial charge in [-0.15, -0.1) is 6.58 Å². The largest absolute Gasteiger partial charge is 0.481 e. The Bertz CT molecular complexity index is 727. The minimum Gasteiger partial charge on any atom is -0.481 e. The van der Waals surface area contributed by atoms with E-state index in [1.807, 2.05) is 20.8 Å². The Balaban J connectivity index is 2.08. The van der Waals surface area contributed by atoms with Gasteiger partial charge in [0.1, 0.15) is 11.6 Å². The Kier molecular flexibility index (Phi) is 7.11. The van der Waals surface area contributed by atoms with Crippen LogP contribution in [-0.4, -0.2) is 81.3 Å². The first-order chi connectivity index (χ1) is 14.8. The summed E-state index contributed by atoms with van der Waals surface area (Å²) in [5, 5.41) is 20.1. The molecule has 8 heteroatoms. The summed E-state index contributed by atoms with van der Waals surface area (Å²) in [6.07, 6.45) is 4.53. The quantitative estimate of drug-likeness (QED) is 0.477. The maximum absolute atomic E-state index is 13.9. The summed E-state index contributed by atoms with van der Waals surface area (Å²) in [5.41, 5.74) is -1.14. The second-order valence-corrected chi connectivity index (χ2v) is 9.20. The van der Waals surface area contributed by atoms with Gasteiger partial charge in [-0.3, -0.25) is 14.4 Å². The molecule has 0 aromatic heterocycles. The Morgan fingerprint density at radius 1 is 1.42 bits per heavy atom. The molecule has 31 heavy (non-hydrogen) atoms. The molecule has 3 fully saturated rings. The number of carbonyl (C=O) groups is 3. The number of amides is 2. The molecule has 7 atom stereocenters. The molecule has 3 aliphatic heterocycles. The van der Waals surface area contributed by atoms with Crippen LogP contribution in [-0.2, 0) is 19.1 Å². The second kappa shape index (κ2) is 9.28. The number of nitrogens with zero attached hydrogens (tertiary/aromatic N) is 2. The van der Waals surface area contributed by atoms with E-state index in [0.717, 1.165) is 12.8 Å². The summed E-state index contributed by atoms with van der Waals surface area (Å²) in [6.45, 7) is 10.3. The number of fused-ring (bicyclic) bond motifs is 1. The molecule has 1 spiro atoms. The van der Waals surface area contributed by atoms with Gasteiger partial charge in [0, 0.05) is 13.1 Å². The number of unbranched alkanes of at least 4 members (excludes halogenated alkanes) is 1. The molecule has 3 heterocycles. The number of aliphatic carboxylic acids is 1. The van der Waals surface area contributed by atoms with E-state index in [4.69, 9.17) is 4.74 Å². The average molecular weight is 437 g/mol. The fourth-order valence-corrected chi connectivity index (χ4v) is 5.79. The van der Waals surface area contributed by atoms with Crippen LogP contribution >= 0.6 is 0 Å². The molecule has 2 N–H and O–H groups in total. The Morgan fingerprint density at radius 2 is 2.13 bits per heavy atom. The van der Waals surface area contributed by atoms with Gasteiger partial charge >= 0.3 is 5.97 Å². The Hall–Kier alpha value is -1.93. The number of aliphatic hydroxyl groups excluding tert-OH is 1. The van der Waals surface area contributed by atoms with Gasteiger partial charge in [-0.1, -0.05) is 39.7 Å². The first-order valence-corrected chi connectivity index (χ1v) is 11.5. The number of carboxylic acid groups (broad SMARTS) is 1. The molecule has 0 radical (unpaired) electrons. The maximum Gasteiger partial charge on any atom is 0.310 e. The van der Waals surface area contributed by atoms with E-state index >= 15 is 0 Å². The lowest BCUT2D eigenvalue weighted by atomic mass is 9.70. The van der Waals surface area contributed by atoms with Crippen LogP contribution in [0.1, 0.15) is 52.9 Å². The molecular weight excluding hydrogens is 400 g/mol. The van der Waals surface area contributed by atoms with Crippen LogP contribution in [0, 0.1) is 17.8 Å². The van der Waals surface area contributed by atoms with Gasteiger partial charge in [0.25, 0.3) is 0 Å². The topological polar surface area (TPSA) is 107 Å². The van der Waals surface area contributed by atoms with Crippen LogP contribution in [0.4, 0.5) is 0 Å². The zero-order valence-corrected chi connectivity index (χ0v) is 18.8. The van der Waals surface area contributed by atoms with Crippen molar-refractivity contribution in [1.29, 1.82) is 0 Å². The van der Waals surface area contributed by atoms with Gasteiger partial charge in [-0.05, 0) is 25.2 Å². The molecule has 8 nitrogen and oxygen atoms in total. The van der Waals surface area contributed by atoms with Crippen molar-refractivity contribution in [2.45, 2.75) is 76.7 Å². The molecule has 0 aliphatic carbocycles. The number of ether oxygens (including phenoxy) is 1. The Labute approximate surface area is 184 Å². The normalized spacial score (nSPS) is 33.3. The number of carboxylic acids is 1. The van der Waals surface area contributed by atoms with Crippen molar-refractivity contribution in [3.05, 3.63) is 12.7 Å². The van der Waals surface area contributed by atoms with Crippen LogP contribution < -0.4 is 0 Å². The zero-order chi connectivity index (χ0) is 22.9. The number of rotatable bonds is 11. The molecule has 0 aromatic carbocycles. The number of carbonyl (C=O) groups excluding carboxylic acids is 2. The van der Waals surface area contributed by atoms with Crippen molar-refractivity contribution in [1.82, 2.24) is 9.80 Å². The van der Waals surface area contributed by atoms with E-state index in [1.165, 1.54) is 4.90 Å². The minimum absolute atomic E-state index is 0.0524. The van der Waals surface area contributed by atoms with Gasteiger partial charge in [0.15, 0.2) is 0 Å². The fourth-order valence-electron chi connectivity index (χ4n) is 5.79. The van der Waals surface area contributed by atoms with Crippen LogP contribution in [0.2, 0.25) is 0 Å². The summed E-state index contributed by atoms with van der Waals surface area (Å²) in [5.74, 6) is -3.58. The summed E-state index contributed by atoms with van der Waals surface area (Å²) in [4.78, 5) is 42.8. The van der Waals surface area contributed by atoms with Gasteiger partial charge < -0.3 is 24.7 Å². The Morgan fingerprint density at radius 3 is 2.68 bits per heavy atom. The predicted octanol–water partition coefficient (Wildman–Crippen LogP) is 1.67. The summed E-state index contributed by atoms with van der Waals surface area (Å²) in [7, 11) is 0. The first kappa shape index (κ1) is 23.7. The predicted molar refractivity (Wildman–Crippen MR) is 114 cm³/mol. The lowest BCUT2D eigenvalue weighted by molar-refractivity contribution is -0.154. The van der Waals surface area contributed by atoms with Crippen LogP contribution in [0.5, 0.6) is 0 Å². The number of hydrogen-bond donors (Lipinski definition) is 2. The molecule has 2 amide bonds. The first-order valence-electron chi connectivity index (χ1n) is 11.5. The van der Waals surface area contributed by atoms with Gasteiger partial charge in [0.2, 0.25) is 11.8 Å². The van der Waals surface area contributed by atoms with Crippen molar-refractivity contribution in [2.75, 3.05) is 19.7 Å². The lowest BCUT2D eigenvalue weighted by Gasteiger charge is -2.41. The van der Waals surface area contributed by atoms with Crippen molar-refractivity contribution in [3.8, 4) is 0 Å². The third-order valence-electron chi connectivity index (χ3n) is 7.55. The zero-order valence-electron chi connectivity index (χ0n) is 18.8. The smallest absolute Gasteiger partial charge is 0.310 e. The fraction of sp³-hybridized carbons (Fsp3) is 0.783. The standard InChI is InChI=1S/C23H36N2O6/c1-5-8-12-24(11-6-2)21(28)19-23-10-9-16(31-23)17(22(29)30)18(23)20(27)25(19)15(13-26)14(4)7-3/h6,14-19,26H,2,5,7-13H2,1,3-4H3,(H,29,30)/t14-,15-,16+,17-,18-,19?,23?/m0/s1. The molecule has 2 unspecified atom stereocenters. The van der Waals surface area contributed by atoms with E-state index < -0.39 is 41.6 Å². The lowest BCUT2D eigenvalue weighted by Crippen LogP contribution is -2.59. The molecule has 0 aromatic rings. The molecule has 3 rings (SSSR count). The van der Waals surface area contributed by atoms with Gasteiger partial charge in [-0.25, -0.2) is 0 Å². The monoisotopic (exact) mass is 436 g/mol. The second-order valence-electron chi connectivity index (χ2n) is 9.20. The molecule has 174 valence electrons. The highest BCUT2D eigenvalue weighted by Gasteiger charge is 2.75. The number of likely N-dealkylation sites (tertiary alicyclic amines) is 1. The average Bonchev–Trinajstić information content (AvgIpc) is 3.39. The molecule has 3 saturated heterocycles. The van der Waals surface area contributed by atoms with E-state index in [2.05, 4.69) is 6.58 Å². The van der Waals surface area contributed by atoms with E-state index in [-0.39, 0.29) is 24.3 Å². The van der Waals surface area contributed by atoms with Gasteiger partial charge in [-0.2, -0.15) is 0 Å². The van der Waals surface area contributed by atoms with Crippen LogP contribution in [0.3, 0.4) is 0 Å². The number of aliphatic hydroxyl groups is 1. The summed E-state index contributed by atoms with van der Waals surface area (Å²) in [6, 6.07) is -1.50. The third-order valence-corrected chi connectivity index (χ3v) is 7.55. The SMILES string of the molecule is C=CCN(CCCC)C(=O)C1N([C@@H](CO)[C@@H](C)CC)C(=O)[C@@H]2[C@@H](C(=O)O)[C@H]3CCC12O3. The molecule has 2 bridgehead atoms. The van der Waals surface area contributed by atoms with Crippen LogP contribution in [0.25, 0.3) is 0 Å². The third kappa shape index (κ3) is 3.67. The highest BCUT2D eigenvalue weighted by Crippen LogP contribution is 2.59. The van der Waals surface area contributed by atoms with E-state index in [0.29, 0.717) is 32.4 Å².